The minimum atomic E-state index is -0.392. The first kappa shape index (κ1) is 12.9. The Morgan fingerprint density at radius 3 is 2.69 bits per heavy atom. The van der Waals surface area contributed by atoms with E-state index >= 15 is 0 Å². The van der Waals surface area contributed by atoms with Crippen molar-refractivity contribution in [1.82, 2.24) is 10.2 Å². The van der Waals surface area contributed by atoms with Gasteiger partial charge in [-0.2, -0.15) is 0 Å². The summed E-state index contributed by atoms with van der Waals surface area (Å²) in [5.74, 6) is 0. The van der Waals surface area contributed by atoms with E-state index in [0.29, 0.717) is 6.67 Å². The van der Waals surface area contributed by atoms with E-state index in [4.69, 9.17) is 0 Å². The van der Waals surface area contributed by atoms with Crippen molar-refractivity contribution in [1.29, 1.82) is 0 Å². The molecule has 1 aromatic rings. The standard InChI is InChI=1S/C12H16N2O.ClH/c15-12(14-9-8-13-10-14)7-6-11-4-2-1-3-5-11;/h1-5,8-9,12-13,15H,6-7,10H2;1H. The van der Waals surface area contributed by atoms with Crippen LogP contribution in [0.2, 0.25) is 0 Å². The van der Waals surface area contributed by atoms with Crippen LogP contribution in [0.15, 0.2) is 42.7 Å². The summed E-state index contributed by atoms with van der Waals surface area (Å²) in [5, 5.41) is 12.9. The summed E-state index contributed by atoms with van der Waals surface area (Å²) in [5.41, 5.74) is 1.27. The van der Waals surface area contributed by atoms with Gasteiger partial charge in [0.05, 0.1) is 6.67 Å². The molecular formula is C12H17ClN2O. The van der Waals surface area contributed by atoms with Crippen molar-refractivity contribution in [3.63, 3.8) is 0 Å². The number of aryl methyl sites for hydroxylation is 1. The van der Waals surface area contributed by atoms with Crippen LogP contribution >= 0.6 is 12.4 Å². The highest BCUT2D eigenvalue weighted by Crippen LogP contribution is 2.09. The highest BCUT2D eigenvalue weighted by molar-refractivity contribution is 5.85. The lowest BCUT2D eigenvalue weighted by Gasteiger charge is -2.22. The van der Waals surface area contributed by atoms with E-state index in [1.165, 1.54) is 5.56 Å². The fraction of sp³-hybridized carbons (Fsp3) is 0.333. The van der Waals surface area contributed by atoms with Gasteiger partial charge in [-0.25, -0.2) is 0 Å². The van der Waals surface area contributed by atoms with Crippen molar-refractivity contribution >= 4 is 12.4 Å². The summed E-state index contributed by atoms with van der Waals surface area (Å²) < 4.78 is 0. The predicted octanol–water partition coefficient (Wildman–Crippen LogP) is 1.69. The number of benzene rings is 1. The van der Waals surface area contributed by atoms with E-state index < -0.39 is 6.23 Å². The molecule has 0 aliphatic carbocycles. The van der Waals surface area contributed by atoms with Gasteiger partial charge in [0.25, 0.3) is 0 Å². The number of aliphatic hydroxyl groups excluding tert-OH is 1. The van der Waals surface area contributed by atoms with Crippen molar-refractivity contribution in [2.45, 2.75) is 19.1 Å². The number of nitrogens with one attached hydrogen (secondary N) is 1. The lowest BCUT2D eigenvalue weighted by Crippen LogP contribution is -2.32. The fourth-order valence-corrected chi connectivity index (χ4v) is 1.67. The Hall–Kier alpha value is -1.19. The van der Waals surface area contributed by atoms with Crippen molar-refractivity contribution in [3.05, 3.63) is 48.3 Å². The third kappa shape index (κ3) is 3.43. The smallest absolute Gasteiger partial charge is 0.128 e. The molecule has 1 atom stereocenters. The third-order valence-corrected chi connectivity index (χ3v) is 2.57. The lowest BCUT2D eigenvalue weighted by atomic mass is 10.1. The molecule has 0 aromatic heterocycles. The van der Waals surface area contributed by atoms with Gasteiger partial charge in [0.2, 0.25) is 0 Å². The molecule has 1 aliphatic rings. The SMILES string of the molecule is Cl.OC(CCc1ccccc1)N1C=CNC1. The molecule has 0 saturated carbocycles. The largest absolute Gasteiger partial charge is 0.374 e. The van der Waals surface area contributed by atoms with E-state index in [9.17, 15) is 5.11 Å². The number of nitrogens with zero attached hydrogens (tertiary/aromatic N) is 1. The molecule has 1 aliphatic heterocycles. The van der Waals surface area contributed by atoms with Crippen LogP contribution < -0.4 is 5.32 Å². The molecule has 0 radical (unpaired) electrons. The maximum Gasteiger partial charge on any atom is 0.128 e. The zero-order chi connectivity index (χ0) is 10.5. The summed E-state index contributed by atoms with van der Waals surface area (Å²) in [6.45, 7) is 0.704. The Balaban J connectivity index is 0.00000128. The summed E-state index contributed by atoms with van der Waals surface area (Å²) >= 11 is 0. The topological polar surface area (TPSA) is 35.5 Å². The number of halogens is 1. The van der Waals surface area contributed by atoms with E-state index in [2.05, 4.69) is 17.4 Å². The van der Waals surface area contributed by atoms with Gasteiger partial charge in [-0.3, -0.25) is 0 Å². The first-order valence-electron chi connectivity index (χ1n) is 5.24. The van der Waals surface area contributed by atoms with Crippen molar-refractivity contribution < 1.29 is 5.11 Å². The zero-order valence-corrected chi connectivity index (χ0v) is 9.86. The van der Waals surface area contributed by atoms with Crippen LogP contribution in [0.5, 0.6) is 0 Å². The number of hydrogen-bond donors (Lipinski definition) is 2. The molecular weight excluding hydrogens is 224 g/mol. The maximum absolute atomic E-state index is 9.84. The highest BCUT2D eigenvalue weighted by atomic mass is 35.5. The van der Waals surface area contributed by atoms with Crippen molar-refractivity contribution in [3.8, 4) is 0 Å². The molecule has 0 spiro atoms. The second-order valence-corrected chi connectivity index (χ2v) is 3.70. The molecule has 16 heavy (non-hydrogen) atoms. The maximum atomic E-state index is 9.84. The van der Waals surface area contributed by atoms with E-state index in [0.717, 1.165) is 12.8 Å². The van der Waals surface area contributed by atoms with E-state index in [1.807, 2.05) is 35.5 Å². The Morgan fingerprint density at radius 2 is 2.06 bits per heavy atom. The summed E-state index contributed by atoms with van der Waals surface area (Å²) in [6.07, 6.45) is 5.01. The number of rotatable bonds is 4. The van der Waals surface area contributed by atoms with Crippen LogP contribution in [0.3, 0.4) is 0 Å². The molecule has 2 N–H and O–H groups in total. The van der Waals surface area contributed by atoms with Gasteiger partial charge >= 0.3 is 0 Å². The lowest BCUT2D eigenvalue weighted by molar-refractivity contribution is 0.0347. The third-order valence-electron chi connectivity index (χ3n) is 2.57. The van der Waals surface area contributed by atoms with Gasteiger partial charge in [-0.05, 0) is 18.4 Å². The summed E-state index contributed by atoms with van der Waals surface area (Å²) in [4.78, 5) is 1.89. The molecule has 3 nitrogen and oxygen atoms in total. The van der Waals surface area contributed by atoms with Gasteiger partial charge in [0.1, 0.15) is 6.23 Å². The summed E-state index contributed by atoms with van der Waals surface area (Å²) in [7, 11) is 0. The van der Waals surface area contributed by atoms with Crippen molar-refractivity contribution in [2.75, 3.05) is 6.67 Å². The van der Waals surface area contributed by atoms with Gasteiger partial charge in [0.15, 0.2) is 0 Å². The van der Waals surface area contributed by atoms with Crippen LogP contribution in [0.4, 0.5) is 0 Å². The van der Waals surface area contributed by atoms with Crippen LogP contribution in [-0.4, -0.2) is 22.9 Å². The normalized spacial score (nSPS) is 15.4. The first-order valence-corrected chi connectivity index (χ1v) is 5.24. The molecule has 1 heterocycles. The van der Waals surface area contributed by atoms with Crippen LogP contribution in [0.1, 0.15) is 12.0 Å². The Labute approximate surface area is 102 Å². The predicted molar refractivity (Wildman–Crippen MR) is 67.0 cm³/mol. The quantitative estimate of drug-likeness (QED) is 0.841. The molecule has 2 rings (SSSR count). The Bertz CT molecular complexity index is 329. The van der Waals surface area contributed by atoms with Gasteiger partial charge in [-0.15, -0.1) is 12.4 Å². The van der Waals surface area contributed by atoms with Crippen LogP contribution in [-0.2, 0) is 6.42 Å². The fourth-order valence-electron chi connectivity index (χ4n) is 1.67. The second kappa shape index (κ2) is 6.40. The monoisotopic (exact) mass is 240 g/mol. The van der Waals surface area contributed by atoms with Gasteiger partial charge < -0.3 is 15.3 Å². The van der Waals surface area contributed by atoms with Crippen LogP contribution in [0, 0.1) is 0 Å². The van der Waals surface area contributed by atoms with E-state index in [1.54, 1.807) is 0 Å². The Morgan fingerprint density at radius 1 is 1.31 bits per heavy atom. The average Bonchev–Trinajstić information content (AvgIpc) is 2.81. The first-order chi connectivity index (χ1) is 7.36. The van der Waals surface area contributed by atoms with Gasteiger partial charge in [-0.1, -0.05) is 30.3 Å². The van der Waals surface area contributed by atoms with Gasteiger partial charge in [0, 0.05) is 12.4 Å². The molecule has 0 saturated heterocycles. The average molecular weight is 241 g/mol. The highest BCUT2D eigenvalue weighted by Gasteiger charge is 2.13. The zero-order valence-electron chi connectivity index (χ0n) is 9.04. The van der Waals surface area contributed by atoms with Crippen molar-refractivity contribution in [2.24, 2.45) is 0 Å². The van der Waals surface area contributed by atoms with Crippen LogP contribution in [0.25, 0.3) is 0 Å². The molecule has 0 fully saturated rings. The molecule has 88 valence electrons. The summed E-state index contributed by atoms with van der Waals surface area (Å²) in [6, 6.07) is 10.2. The molecule has 1 unspecified atom stereocenters. The molecule has 4 heteroatoms. The Kier molecular flexibility index (Phi) is 5.15. The van der Waals surface area contributed by atoms with E-state index in [-0.39, 0.29) is 12.4 Å². The number of hydrogen-bond acceptors (Lipinski definition) is 3. The molecule has 0 bridgehead atoms. The minimum Gasteiger partial charge on any atom is -0.374 e. The minimum absolute atomic E-state index is 0. The number of aliphatic hydroxyl groups is 1. The molecule has 0 amide bonds. The molecule has 1 aromatic carbocycles. The second-order valence-electron chi connectivity index (χ2n) is 3.70.